The lowest BCUT2D eigenvalue weighted by molar-refractivity contribution is -0.384. The number of aryl methyl sites for hydroxylation is 1. The number of methoxy groups -OCH3 is 1. The Kier molecular flexibility index (Phi) is 5.99. The molecular formula is C17H17N5O5. The largest absolute Gasteiger partial charge is 0.493 e. The normalized spacial score (nSPS) is 10.9. The molecule has 0 saturated heterocycles. The number of nitro benzene ring substituents is 1. The molecule has 0 radical (unpaired) electrons. The van der Waals surface area contributed by atoms with Crippen LogP contribution in [0.25, 0.3) is 0 Å². The third kappa shape index (κ3) is 3.99. The van der Waals surface area contributed by atoms with E-state index in [2.05, 4.69) is 10.2 Å². The van der Waals surface area contributed by atoms with Gasteiger partial charge in [-0.25, -0.2) is 0 Å². The number of nitrogens with zero attached hydrogens (tertiary/aromatic N) is 5. The average molecular weight is 371 g/mol. The number of non-ortho nitro benzene ring substituents is 1. The van der Waals surface area contributed by atoms with Gasteiger partial charge in [-0.2, -0.15) is 5.26 Å². The number of aromatic nitrogens is 1. The van der Waals surface area contributed by atoms with E-state index in [9.17, 15) is 25.3 Å². The molecule has 0 aliphatic rings. The Balaban J connectivity index is 2.61. The number of hydrogen-bond acceptors (Lipinski definition) is 8. The molecule has 2 rings (SSSR count). The Morgan fingerprint density at radius 2 is 2.07 bits per heavy atom. The number of hydrogen-bond donors (Lipinski definition) is 1. The van der Waals surface area contributed by atoms with Gasteiger partial charge in [-0.3, -0.25) is 19.5 Å². The molecule has 0 amide bonds. The summed E-state index contributed by atoms with van der Waals surface area (Å²) in [6, 6.07) is 5.94. The second kappa shape index (κ2) is 8.20. The molecule has 0 fully saturated rings. The van der Waals surface area contributed by atoms with E-state index in [0.717, 1.165) is 4.57 Å². The molecular weight excluding hydrogens is 354 g/mol. The van der Waals surface area contributed by atoms with Crippen molar-refractivity contribution >= 4 is 17.1 Å². The van der Waals surface area contributed by atoms with Crippen LogP contribution in [-0.4, -0.2) is 28.3 Å². The van der Waals surface area contributed by atoms with Gasteiger partial charge in [0.25, 0.3) is 11.2 Å². The molecule has 1 aromatic heterocycles. The number of benzene rings is 1. The fraction of sp³-hybridized carbons (Fsp3) is 0.294. The molecule has 0 bridgehead atoms. The first-order valence-corrected chi connectivity index (χ1v) is 7.84. The van der Waals surface area contributed by atoms with Gasteiger partial charge in [-0.05, 0) is 19.4 Å². The molecule has 1 aromatic carbocycles. The monoisotopic (exact) mass is 371 g/mol. The summed E-state index contributed by atoms with van der Waals surface area (Å²) in [5.74, 6) is -0.470. The molecule has 0 aliphatic carbocycles. The average Bonchev–Trinajstić information content (AvgIpc) is 2.63. The first kappa shape index (κ1) is 19.7. The Morgan fingerprint density at radius 3 is 2.67 bits per heavy atom. The van der Waals surface area contributed by atoms with Gasteiger partial charge in [0, 0.05) is 24.8 Å². The van der Waals surface area contributed by atoms with Crippen molar-refractivity contribution in [3.05, 3.63) is 55.4 Å². The van der Waals surface area contributed by atoms with Gasteiger partial charge in [0.05, 0.1) is 23.8 Å². The van der Waals surface area contributed by atoms with Gasteiger partial charge in [0.2, 0.25) is 5.88 Å². The smallest absolute Gasteiger partial charge is 0.281 e. The first-order chi connectivity index (χ1) is 12.8. The quantitative estimate of drug-likeness (QED) is 0.469. The number of azo groups is 1. The summed E-state index contributed by atoms with van der Waals surface area (Å²) in [6.07, 6.45) is 0. The molecule has 1 N–H and O–H groups in total. The van der Waals surface area contributed by atoms with Crippen molar-refractivity contribution in [1.29, 1.82) is 5.26 Å². The Labute approximate surface area is 154 Å². The molecule has 2 aromatic rings. The summed E-state index contributed by atoms with van der Waals surface area (Å²) < 4.78 is 5.88. The van der Waals surface area contributed by atoms with Gasteiger partial charge in [-0.1, -0.05) is 6.07 Å². The SMILES string of the molecule is COCCn1c(O)c(C#N)c(C)c(N=Nc2cc([N+](=O)[O-])ccc2C)c1=O. The van der Waals surface area contributed by atoms with Gasteiger partial charge < -0.3 is 9.84 Å². The number of nitriles is 1. The van der Waals surface area contributed by atoms with Crippen LogP contribution in [0.2, 0.25) is 0 Å². The van der Waals surface area contributed by atoms with Crippen molar-refractivity contribution in [2.75, 3.05) is 13.7 Å². The fourth-order valence-electron chi connectivity index (χ4n) is 2.37. The molecule has 140 valence electrons. The van der Waals surface area contributed by atoms with E-state index in [-0.39, 0.29) is 41.3 Å². The van der Waals surface area contributed by atoms with Crippen LogP contribution in [0.1, 0.15) is 16.7 Å². The van der Waals surface area contributed by atoms with Crippen molar-refractivity contribution in [3.8, 4) is 11.9 Å². The highest BCUT2D eigenvalue weighted by molar-refractivity contribution is 5.57. The zero-order valence-corrected chi connectivity index (χ0v) is 15.0. The maximum atomic E-state index is 12.6. The molecule has 0 aliphatic heterocycles. The lowest BCUT2D eigenvalue weighted by Gasteiger charge is -2.12. The number of nitro groups is 1. The van der Waals surface area contributed by atoms with Gasteiger partial charge >= 0.3 is 0 Å². The van der Waals surface area contributed by atoms with Gasteiger partial charge in [0.1, 0.15) is 11.6 Å². The van der Waals surface area contributed by atoms with Crippen LogP contribution < -0.4 is 5.56 Å². The number of pyridine rings is 1. The Hall–Kier alpha value is -3.58. The second-order valence-electron chi connectivity index (χ2n) is 5.66. The lowest BCUT2D eigenvalue weighted by atomic mass is 10.1. The van der Waals surface area contributed by atoms with E-state index < -0.39 is 16.4 Å². The van der Waals surface area contributed by atoms with Crippen LogP contribution in [-0.2, 0) is 11.3 Å². The number of rotatable bonds is 6. The predicted octanol–water partition coefficient (Wildman–Crippen LogP) is 3.01. The third-order valence-corrected chi connectivity index (χ3v) is 3.95. The summed E-state index contributed by atoms with van der Waals surface area (Å²) in [7, 11) is 1.44. The zero-order chi connectivity index (χ0) is 20.1. The van der Waals surface area contributed by atoms with Crippen LogP contribution in [0.4, 0.5) is 17.1 Å². The first-order valence-electron chi connectivity index (χ1n) is 7.84. The van der Waals surface area contributed by atoms with E-state index in [1.54, 1.807) is 6.92 Å². The van der Waals surface area contributed by atoms with Crippen LogP contribution in [0, 0.1) is 35.3 Å². The van der Waals surface area contributed by atoms with Crippen molar-refractivity contribution < 1.29 is 14.8 Å². The maximum Gasteiger partial charge on any atom is 0.281 e. The van der Waals surface area contributed by atoms with Crippen LogP contribution in [0.5, 0.6) is 5.88 Å². The van der Waals surface area contributed by atoms with Crippen molar-refractivity contribution in [2.45, 2.75) is 20.4 Å². The summed E-state index contributed by atoms with van der Waals surface area (Å²) in [5, 5.41) is 38.2. The minimum atomic E-state index is -0.645. The summed E-state index contributed by atoms with van der Waals surface area (Å²) in [4.78, 5) is 23.0. The van der Waals surface area contributed by atoms with Crippen LogP contribution >= 0.6 is 0 Å². The van der Waals surface area contributed by atoms with Gasteiger partial charge in [0.15, 0.2) is 5.69 Å². The van der Waals surface area contributed by atoms with E-state index in [0.29, 0.717) is 5.56 Å². The molecule has 0 spiro atoms. The molecule has 1 heterocycles. The number of aromatic hydroxyl groups is 1. The molecule has 10 heteroatoms. The minimum absolute atomic E-state index is 0.0223. The van der Waals surface area contributed by atoms with Crippen molar-refractivity contribution in [1.82, 2.24) is 4.57 Å². The standard InChI is InChI=1S/C17H17N5O5/c1-10-4-5-12(22(25)26)8-14(10)19-20-15-11(2)13(9-18)16(23)21(17(15)24)6-7-27-3/h4-5,8,23H,6-7H2,1-3H3. The topological polar surface area (TPSA) is 143 Å². The highest BCUT2D eigenvalue weighted by atomic mass is 16.6. The molecule has 10 nitrogen and oxygen atoms in total. The maximum absolute atomic E-state index is 12.6. The third-order valence-electron chi connectivity index (χ3n) is 3.95. The highest BCUT2D eigenvalue weighted by Gasteiger charge is 2.19. The predicted molar refractivity (Wildman–Crippen MR) is 95.7 cm³/mol. The van der Waals surface area contributed by atoms with Crippen LogP contribution in [0.3, 0.4) is 0 Å². The van der Waals surface area contributed by atoms with Crippen molar-refractivity contribution in [3.63, 3.8) is 0 Å². The lowest BCUT2D eigenvalue weighted by Crippen LogP contribution is -2.23. The summed E-state index contributed by atoms with van der Waals surface area (Å²) in [6.45, 7) is 3.32. The van der Waals surface area contributed by atoms with E-state index >= 15 is 0 Å². The molecule has 27 heavy (non-hydrogen) atoms. The Morgan fingerprint density at radius 1 is 1.37 bits per heavy atom. The summed E-state index contributed by atoms with van der Waals surface area (Å²) in [5.41, 5.74) is -0.0265. The van der Waals surface area contributed by atoms with Crippen LogP contribution in [0.15, 0.2) is 33.2 Å². The fourth-order valence-corrected chi connectivity index (χ4v) is 2.37. The summed E-state index contributed by atoms with van der Waals surface area (Å²) >= 11 is 0. The van der Waals surface area contributed by atoms with E-state index in [4.69, 9.17) is 4.74 Å². The number of ether oxygens (including phenoxy) is 1. The second-order valence-corrected chi connectivity index (χ2v) is 5.66. The van der Waals surface area contributed by atoms with Crippen molar-refractivity contribution in [2.24, 2.45) is 10.2 Å². The molecule has 0 atom stereocenters. The minimum Gasteiger partial charge on any atom is -0.493 e. The van der Waals surface area contributed by atoms with Gasteiger partial charge in [-0.15, -0.1) is 10.2 Å². The molecule has 0 unspecified atom stereocenters. The van der Waals surface area contributed by atoms with E-state index in [1.807, 2.05) is 6.07 Å². The highest BCUT2D eigenvalue weighted by Crippen LogP contribution is 2.29. The van der Waals surface area contributed by atoms with E-state index in [1.165, 1.54) is 32.2 Å². The molecule has 0 saturated carbocycles. The zero-order valence-electron chi connectivity index (χ0n) is 15.0. The Bertz CT molecular complexity index is 1020.